The normalized spacial score (nSPS) is 31.0. The van der Waals surface area contributed by atoms with Gasteiger partial charge in [0.25, 0.3) is 0 Å². The van der Waals surface area contributed by atoms with Crippen LogP contribution in [0.4, 0.5) is 4.79 Å². The van der Waals surface area contributed by atoms with E-state index in [-0.39, 0.29) is 24.5 Å². The van der Waals surface area contributed by atoms with Gasteiger partial charge < -0.3 is 20.2 Å². The zero-order valence-electron chi connectivity index (χ0n) is 13.0. The van der Waals surface area contributed by atoms with Gasteiger partial charge in [0.05, 0.1) is 6.42 Å². The van der Waals surface area contributed by atoms with Crippen LogP contribution in [0.1, 0.15) is 45.4 Å². The van der Waals surface area contributed by atoms with Crippen LogP contribution in [-0.2, 0) is 4.79 Å². The van der Waals surface area contributed by atoms with Gasteiger partial charge in [-0.15, -0.1) is 0 Å². The molecule has 0 radical (unpaired) electrons. The van der Waals surface area contributed by atoms with E-state index in [1.807, 2.05) is 0 Å². The van der Waals surface area contributed by atoms with E-state index in [1.165, 1.54) is 0 Å². The number of piperidine rings is 2. The fourth-order valence-electron chi connectivity index (χ4n) is 3.36. The number of aliphatic carboxylic acids is 1. The lowest BCUT2D eigenvalue weighted by Crippen LogP contribution is -2.54. The molecule has 2 aliphatic heterocycles. The number of hydrogen-bond acceptors (Lipinski definition) is 3. The molecule has 6 heteroatoms. The molecule has 21 heavy (non-hydrogen) atoms. The van der Waals surface area contributed by atoms with E-state index in [1.54, 1.807) is 4.90 Å². The van der Waals surface area contributed by atoms with Crippen LogP contribution < -0.4 is 5.32 Å². The summed E-state index contributed by atoms with van der Waals surface area (Å²) in [4.78, 5) is 27.4. The predicted octanol–water partition coefficient (Wildman–Crippen LogP) is 1.51. The van der Waals surface area contributed by atoms with Crippen molar-refractivity contribution in [1.29, 1.82) is 0 Å². The van der Waals surface area contributed by atoms with Gasteiger partial charge in [0, 0.05) is 31.2 Å². The maximum absolute atomic E-state index is 12.5. The molecule has 120 valence electrons. The number of nitrogens with one attached hydrogen (secondary N) is 1. The predicted molar refractivity (Wildman–Crippen MR) is 80.2 cm³/mol. The third kappa shape index (κ3) is 4.33. The molecule has 0 aromatic rings. The Morgan fingerprint density at radius 2 is 2.00 bits per heavy atom. The van der Waals surface area contributed by atoms with Crippen molar-refractivity contribution >= 4 is 12.0 Å². The second-order valence-electron chi connectivity index (χ2n) is 6.44. The second-order valence-corrected chi connectivity index (χ2v) is 6.44. The number of nitrogens with zero attached hydrogens (tertiary/aromatic N) is 2. The van der Waals surface area contributed by atoms with E-state index < -0.39 is 5.97 Å². The minimum absolute atomic E-state index is 0.0528. The zero-order chi connectivity index (χ0) is 15.4. The summed E-state index contributed by atoms with van der Waals surface area (Å²) in [6.07, 6.45) is 4.74. The van der Waals surface area contributed by atoms with E-state index >= 15 is 0 Å². The van der Waals surface area contributed by atoms with Crippen LogP contribution in [0.5, 0.6) is 0 Å². The molecule has 2 N–H and O–H groups in total. The van der Waals surface area contributed by atoms with Crippen LogP contribution in [0.25, 0.3) is 0 Å². The lowest BCUT2D eigenvalue weighted by Gasteiger charge is -2.39. The molecule has 3 atom stereocenters. The molecule has 2 amide bonds. The minimum atomic E-state index is -0.826. The SMILES string of the molecule is CC1CC(NC(=O)N2CCCCC2CC(=O)O)CCN1C. The van der Waals surface area contributed by atoms with Gasteiger partial charge in [0.2, 0.25) is 0 Å². The van der Waals surface area contributed by atoms with E-state index in [9.17, 15) is 9.59 Å². The summed E-state index contributed by atoms with van der Waals surface area (Å²) in [6, 6.07) is 0.443. The summed E-state index contributed by atoms with van der Waals surface area (Å²) in [5.74, 6) is -0.826. The summed E-state index contributed by atoms with van der Waals surface area (Å²) in [5, 5.41) is 12.1. The number of carbonyl (C=O) groups is 2. The van der Waals surface area contributed by atoms with E-state index in [0.29, 0.717) is 12.6 Å². The molecule has 0 saturated carbocycles. The molecule has 0 aliphatic carbocycles. The van der Waals surface area contributed by atoms with Crippen LogP contribution in [0.2, 0.25) is 0 Å². The topological polar surface area (TPSA) is 72.9 Å². The van der Waals surface area contributed by atoms with Gasteiger partial charge in [-0.3, -0.25) is 4.79 Å². The van der Waals surface area contributed by atoms with Gasteiger partial charge in [0.15, 0.2) is 0 Å². The quantitative estimate of drug-likeness (QED) is 0.828. The Kier molecular flexibility index (Phi) is 5.45. The summed E-state index contributed by atoms with van der Waals surface area (Å²) in [7, 11) is 2.11. The Labute approximate surface area is 126 Å². The van der Waals surface area contributed by atoms with E-state index in [0.717, 1.165) is 38.6 Å². The highest BCUT2D eigenvalue weighted by Gasteiger charge is 2.31. The number of carbonyl (C=O) groups excluding carboxylic acids is 1. The maximum atomic E-state index is 12.5. The Bertz CT molecular complexity index is 388. The molecule has 2 rings (SSSR count). The van der Waals surface area contributed by atoms with Gasteiger partial charge in [-0.2, -0.15) is 0 Å². The highest BCUT2D eigenvalue weighted by molar-refractivity contribution is 5.76. The molecule has 0 aromatic carbocycles. The first-order valence-electron chi connectivity index (χ1n) is 7.96. The monoisotopic (exact) mass is 297 g/mol. The lowest BCUT2D eigenvalue weighted by atomic mass is 9.98. The van der Waals surface area contributed by atoms with Crippen molar-refractivity contribution in [3.05, 3.63) is 0 Å². The third-order valence-corrected chi connectivity index (χ3v) is 4.83. The first-order chi connectivity index (χ1) is 9.97. The van der Waals surface area contributed by atoms with Crippen LogP contribution in [0.3, 0.4) is 0 Å². The first-order valence-corrected chi connectivity index (χ1v) is 7.96. The smallest absolute Gasteiger partial charge is 0.317 e. The van der Waals surface area contributed by atoms with Crippen LogP contribution >= 0.6 is 0 Å². The lowest BCUT2D eigenvalue weighted by molar-refractivity contribution is -0.138. The van der Waals surface area contributed by atoms with Crippen LogP contribution in [0, 0.1) is 0 Å². The fraction of sp³-hybridized carbons (Fsp3) is 0.867. The number of urea groups is 1. The third-order valence-electron chi connectivity index (χ3n) is 4.83. The van der Waals surface area contributed by atoms with Crippen LogP contribution in [-0.4, -0.2) is 65.2 Å². The molecule has 0 spiro atoms. The number of likely N-dealkylation sites (tertiary alicyclic amines) is 2. The molecular formula is C15H27N3O3. The molecule has 6 nitrogen and oxygen atoms in total. The summed E-state index contributed by atoms with van der Waals surface area (Å²) in [6.45, 7) is 3.84. The fourth-order valence-corrected chi connectivity index (χ4v) is 3.36. The molecule has 2 heterocycles. The number of carboxylic acids is 1. The number of carboxylic acid groups (broad SMARTS) is 1. The Balaban J connectivity index is 1.90. The Morgan fingerprint density at radius 3 is 2.67 bits per heavy atom. The van der Waals surface area contributed by atoms with Crippen molar-refractivity contribution < 1.29 is 14.7 Å². The van der Waals surface area contributed by atoms with Crippen molar-refractivity contribution in [3.63, 3.8) is 0 Å². The van der Waals surface area contributed by atoms with Crippen molar-refractivity contribution in [3.8, 4) is 0 Å². The summed E-state index contributed by atoms with van der Waals surface area (Å²) < 4.78 is 0. The first kappa shape index (κ1) is 16.1. The van der Waals surface area contributed by atoms with Crippen molar-refractivity contribution in [1.82, 2.24) is 15.1 Å². The largest absolute Gasteiger partial charge is 0.481 e. The second kappa shape index (κ2) is 7.11. The van der Waals surface area contributed by atoms with Gasteiger partial charge in [0.1, 0.15) is 0 Å². The summed E-state index contributed by atoms with van der Waals surface area (Å²) >= 11 is 0. The Morgan fingerprint density at radius 1 is 1.24 bits per heavy atom. The zero-order valence-corrected chi connectivity index (χ0v) is 13.0. The molecule has 2 aliphatic rings. The maximum Gasteiger partial charge on any atom is 0.317 e. The van der Waals surface area contributed by atoms with E-state index in [4.69, 9.17) is 5.11 Å². The van der Waals surface area contributed by atoms with Gasteiger partial charge in [-0.25, -0.2) is 4.79 Å². The number of rotatable bonds is 3. The van der Waals surface area contributed by atoms with Crippen molar-refractivity contribution in [2.75, 3.05) is 20.1 Å². The molecule has 2 fully saturated rings. The van der Waals surface area contributed by atoms with Crippen molar-refractivity contribution in [2.24, 2.45) is 0 Å². The Hall–Kier alpha value is -1.30. The van der Waals surface area contributed by atoms with Crippen molar-refractivity contribution in [2.45, 2.75) is 63.6 Å². The molecular weight excluding hydrogens is 270 g/mol. The van der Waals surface area contributed by atoms with Gasteiger partial charge in [-0.05, 0) is 46.1 Å². The number of amides is 2. The minimum Gasteiger partial charge on any atom is -0.481 e. The van der Waals surface area contributed by atoms with Crippen LogP contribution in [0.15, 0.2) is 0 Å². The average Bonchev–Trinajstić information content (AvgIpc) is 2.43. The van der Waals surface area contributed by atoms with Gasteiger partial charge in [-0.1, -0.05) is 0 Å². The number of hydrogen-bond donors (Lipinski definition) is 2. The molecule has 3 unspecified atom stereocenters. The molecule has 0 aromatic heterocycles. The highest BCUT2D eigenvalue weighted by atomic mass is 16.4. The molecule has 0 bridgehead atoms. The standard InChI is InChI=1S/C15H27N3O3/c1-11-9-12(6-8-17(11)2)16-15(21)18-7-4-3-5-13(18)10-14(19)20/h11-13H,3-10H2,1-2H3,(H,16,21)(H,19,20). The van der Waals surface area contributed by atoms with E-state index in [2.05, 4.69) is 24.2 Å². The summed E-state index contributed by atoms with van der Waals surface area (Å²) in [5.41, 5.74) is 0. The van der Waals surface area contributed by atoms with Gasteiger partial charge >= 0.3 is 12.0 Å². The highest BCUT2D eigenvalue weighted by Crippen LogP contribution is 2.21. The average molecular weight is 297 g/mol. The molecule has 2 saturated heterocycles.